The third kappa shape index (κ3) is 2.77. The van der Waals surface area contributed by atoms with Gasteiger partial charge in [-0.2, -0.15) is 4.98 Å². The highest BCUT2D eigenvalue weighted by Crippen LogP contribution is 2.32. The van der Waals surface area contributed by atoms with Crippen LogP contribution in [-0.4, -0.2) is 51.5 Å². The fraction of sp³-hybridized carbons (Fsp3) is 0.714. The van der Waals surface area contributed by atoms with Gasteiger partial charge in [0.15, 0.2) is 5.82 Å². The molecule has 2 aliphatic rings. The number of hydrogen-bond donors (Lipinski definition) is 1. The number of nitrogens with zero attached hydrogens (tertiary/aromatic N) is 4. The third-order valence-corrected chi connectivity index (χ3v) is 4.46. The smallest absolute Gasteiger partial charge is 0.314 e. The number of carbonyl (C=O) groups is 2. The van der Waals surface area contributed by atoms with Crippen LogP contribution in [0.2, 0.25) is 0 Å². The molecule has 2 aliphatic heterocycles. The number of rotatable bonds is 2. The molecule has 0 bridgehead atoms. The number of carbonyl (C=O) groups excluding carboxylic acids is 2. The number of aryl methyl sites for hydroxylation is 1. The van der Waals surface area contributed by atoms with Crippen molar-refractivity contribution in [3.8, 4) is 0 Å². The number of primary amides is 1. The van der Waals surface area contributed by atoms with Crippen molar-refractivity contribution >= 4 is 11.9 Å². The molecule has 22 heavy (non-hydrogen) atoms. The van der Waals surface area contributed by atoms with Crippen LogP contribution in [0.3, 0.4) is 0 Å². The molecule has 120 valence electrons. The molecule has 8 nitrogen and oxygen atoms in total. The first-order chi connectivity index (χ1) is 10.6. The first-order valence-corrected chi connectivity index (χ1v) is 7.71. The Labute approximate surface area is 128 Å². The van der Waals surface area contributed by atoms with Gasteiger partial charge in [-0.15, -0.1) is 0 Å². The lowest BCUT2D eigenvalue weighted by Crippen LogP contribution is -2.48. The molecule has 0 aliphatic carbocycles. The summed E-state index contributed by atoms with van der Waals surface area (Å²) in [4.78, 5) is 31.8. The van der Waals surface area contributed by atoms with Crippen molar-refractivity contribution in [3.63, 3.8) is 0 Å². The van der Waals surface area contributed by atoms with Crippen molar-refractivity contribution in [1.82, 2.24) is 19.9 Å². The van der Waals surface area contributed by atoms with Crippen LogP contribution in [0.25, 0.3) is 0 Å². The monoisotopic (exact) mass is 307 g/mol. The van der Waals surface area contributed by atoms with E-state index < -0.39 is 6.03 Å². The summed E-state index contributed by atoms with van der Waals surface area (Å²) in [5, 5.41) is 3.95. The highest BCUT2D eigenvalue weighted by molar-refractivity contribution is 5.81. The average molecular weight is 307 g/mol. The lowest BCUT2D eigenvalue weighted by molar-refractivity contribution is -0.138. The van der Waals surface area contributed by atoms with Crippen molar-refractivity contribution in [2.75, 3.05) is 19.6 Å². The summed E-state index contributed by atoms with van der Waals surface area (Å²) in [5.74, 6) is 0.962. The molecule has 0 aromatic carbocycles. The molecular formula is C14H21N5O3. The molecule has 8 heteroatoms. The maximum Gasteiger partial charge on any atom is 0.314 e. The molecule has 3 heterocycles. The van der Waals surface area contributed by atoms with Gasteiger partial charge in [0.2, 0.25) is 11.8 Å². The molecule has 0 saturated carbocycles. The van der Waals surface area contributed by atoms with E-state index in [1.807, 2.05) is 4.90 Å². The van der Waals surface area contributed by atoms with Gasteiger partial charge in [-0.25, -0.2) is 4.79 Å². The Hall–Kier alpha value is -2.12. The van der Waals surface area contributed by atoms with E-state index in [-0.39, 0.29) is 17.9 Å². The molecule has 3 amide bonds. The number of likely N-dealkylation sites (tertiary alicyclic amines) is 2. The van der Waals surface area contributed by atoms with Crippen molar-refractivity contribution in [1.29, 1.82) is 0 Å². The first-order valence-electron chi connectivity index (χ1n) is 7.71. The zero-order valence-electron chi connectivity index (χ0n) is 12.7. The minimum Gasteiger partial charge on any atom is -0.351 e. The van der Waals surface area contributed by atoms with E-state index in [1.165, 1.54) is 0 Å². The summed E-state index contributed by atoms with van der Waals surface area (Å²) >= 11 is 0. The van der Waals surface area contributed by atoms with E-state index in [1.54, 1.807) is 11.8 Å². The van der Waals surface area contributed by atoms with E-state index in [9.17, 15) is 9.59 Å². The number of aromatic nitrogens is 2. The fourth-order valence-electron chi connectivity index (χ4n) is 3.36. The number of urea groups is 1. The van der Waals surface area contributed by atoms with Gasteiger partial charge in [0.05, 0.1) is 12.0 Å². The van der Waals surface area contributed by atoms with E-state index in [0.29, 0.717) is 31.3 Å². The average Bonchev–Trinajstić information content (AvgIpc) is 3.15. The first kappa shape index (κ1) is 14.8. The normalized spacial score (nSPS) is 25.5. The Kier molecular flexibility index (Phi) is 4.00. The lowest BCUT2D eigenvalue weighted by Gasteiger charge is -2.34. The van der Waals surface area contributed by atoms with Gasteiger partial charge >= 0.3 is 6.03 Å². The van der Waals surface area contributed by atoms with Gasteiger partial charge in [-0.3, -0.25) is 4.79 Å². The molecule has 3 rings (SSSR count). The second kappa shape index (κ2) is 5.94. The predicted molar refractivity (Wildman–Crippen MR) is 76.6 cm³/mol. The topological polar surface area (TPSA) is 106 Å². The summed E-state index contributed by atoms with van der Waals surface area (Å²) in [7, 11) is 0. The van der Waals surface area contributed by atoms with Crippen LogP contribution in [0.4, 0.5) is 4.79 Å². The Morgan fingerprint density at radius 2 is 2.05 bits per heavy atom. The zero-order valence-corrected chi connectivity index (χ0v) is 12.7. The second-order valence-electron chi connectivity index (χ2n) is 5.98. The minimum absolute atomic E-state index is 0.0657. The molecular weight excluding hydrogens is 286 g/mol. The molecule has 1 aromatic rings. The molecule has 2 fully saturated rings. The van der Waals surface area contributed by atoms with Gasteiger partial charge in [0, 0.05) is 26.6 Å². The Morgan fingerprint density at radius 1 is 1.27 bits per heavy atom. The van der Waals surface area contributed by atoms with E-state index in [0.717, 1.165) is 25.7 Å². The standard InChI is InChI=1S/C14H21N5O3/c1-9-16-12(17-22-9)11-5-3-7-19(11)13(20)10-4-2-6-18(8-10)14(15)21/h10-11H,2-8H2,1H3,(H2,15,21). The summed E-state index contributed by atoms with van der Waals surface area (Å²) in [5.41, 5.74) is 5.33. The molecule has 2 saturated heterocycles. The van der Waals surface area contributed by atoms with Gasteiger partial charge in [0.1, 0.15) is 0 Å². The van der Waals surface area contributed by atoms with Crippen molar-refractivity contribution in [3.05, 3.63) is 11.7 Å². The quantitative estimate of drug-likeness (QED) is 0.871. The number of piperidine rings is 1. The zero-order chi connectivity index (χ0) is 15.7. The van der Waals surface area contributed by atoms with Crippen LogP contribution in [0.5, 0.6) is 0 Å². The predicted octanol–water partition coefficient (Wildman–Crippen LogP) is 0.832. The SMILES string of the molecule is Cc1nc(C2CCCN2C(=O)C2CCCN(C(N)=O)C2)no1. The second-order valence-corrected chi connectivity index (χ2v) is 5.98. The maximum atomic E-state index is 12.8. The van der Waals surface area contributed by atoms with Crippen LogP contribution in [0.1, 0.15) is 43.4 Å². The maximum absolute atomic E-state index is 12.8. The number of amides is 3. The molecule has 2 N–H and O–H groups in total. The van der Waals surface area contributed by atoms with Crippen LogP contribution in [-0.2, 0) is 4.79 Å². The number of nitrogens with two attached hydrogens (primary N) is 1. The van der Waals surface area contributed by atoms with Crippen LogP contribution < -0.4 is 5.73 Å². The molecule has 0 radical (unpaired) electrons. The molecule has 0 spiro atoms. The molecule has 2 unspecified atom stereocenters. The van der Waals surface area contributed by atoms with Crippen molar-refractivity contribution < 1.29 is 14.1 Å². The molecule has 2 atom stereocenters. The minimum atomic E-state index is -0.454. The fourth-order valence-corrected chi connectivity index (χ4v) is 3.36. The van der Waals surface area contributed by atoms with E-state index >= 15 is 0 Å². The van der Waals surface area contributed by atoms with Crippen molar-refractivity contribution in [2.45, 2.75) is 38.6 Å². The van der Waals surface area contributed by atoms with Gasteiger partial charge in [-0.05, 0) is 25.7 Å². The molecule has 1 aromatic heterocycles. The lowest BCUT2D eigenvalue weighted by atomic mass is 9.96. The summed E-state index contributed by atoms with van der Waals surface area (Å²) < 4.78 is 5.03. The Morgan fingerprint density at radius 3 is 2.73 bits per heavy atom. The summed E-state index contributed by atoms with van der Waals surface area (Å²) in [6.07, 6.45) is 3.36. The summed E-state index contributed by atoms with van der Waals surface area (Å²) in [6, 6.07) is -0.571. The van der Waals surface area contributed by atoms with Crippen LogP contribution >= 0.6 is 0 Å². The van der Waals surface area contributed by atoms with Gasteiger partial charge in [-0.1, -0.05) is 5.16 Å². The van der Waals surface area contributed by atoms with Gasteiger partial charge in [0.25, 0.3) is 0 Å². The van der Waals surface area contributed by atoms with Gasteiger partial charge < -0.3 is 20.1 Å². The van der Waals surface area contributed by atoms with Crippen LogP contribution in [0.15, 0.2) is 4.52 Å². The highest BCUT2D eigenvalue weighted by Gasteiger charge is 2.38. The van der Waals surface area contributed by atoms with E-state index in [2.05, 4.69) is 10.1 Å². The van der Waals surface area contributed by atoms with Crippen molar-refractivity contribution in [2.24, 2.45) is 11.7 Å². The van der Waals surface area contributed by atoms with E-state index in [4.69, 9.17) is 10.3 Å². The Bertz CT molecular complexity index is 573. The number of hydrogen-bond acceptors (Lipinski definition) is 5. The summed E-state index contributed by atoms with van der Waals surface area (Å²) in [6.45, 7) is 3.48. The van der Waals surface area contributed by atoms with Crippen LogP contribution in [0, 0.1) is 12.8 Å². The Balaban J connectivity index is 1.72. The largest absolute Gasteiger partial charge is 0.351 e. The highest BCUT2D eigenvalue weighted by atomic mass is 16.5. The third-order valence-electron chi connectivity index (χ3n) is 4.46.